The number of anilines is 2. The lowest BCUT2D eigenvalue weighted by Gasteiger charge is -2.29. The van der Waals surface area contributed by atoms with Gasteiger partial charge in [0.2, 0.25) is 5.91 Å². The van der Waals surface area contributed by atoms with Crippen LogP contribution in [0.1, 0.15) is 15.9 Å². The van der Waals surface area contributed by atoms with Crippen molar-refractivity contribution in [3.8, 4) is 0 Å². The number of nitrogens with one attached hydrogen (secondary N) is 1. The van der Waals surface area contributed by atoms with E-state index in [-0.39, 0.29) is 23.0 Å². The zero-order valence-corrected chi connectivity index (χ0v) is 12.3. The average molecular weight is 320 g/mol. The fraction of sp³-hybridized carbons (Fsp3) is 0.133. The van der Waals surface area contributed by atoms with Crippen LogP contribution in [-0.2, 0) is 4.79 Å². The van der Waals surface area contributed by atoms with Gasteiger partial charge in [-0.2, -0.15) is 0 Å². The number of fused-ring (bicyclic) bond motifs is 1. The number of pyridine rings is 1. The second-order valence-corrected chi connectivity index (χ2v) is 5.30. The summed E-state index contributed by atoms with van der Waals surface area (Å²) in [5.74, 6) is -1.18. The molecule has 1 N–H and O–H groups in total. The number of aromatic nitrogens is 1. The summed E-state index contributed by atoms with van der Waals surface area (Å²) in [6.07, 6.45) is 1.55. The van der Waals surface area contributed by atoms with Gasteiger partial charge in [-0.1, -0.05) is 11.6 Å². The predicted molar refractivity (Wildman–Crippen MR) is 80.7 cm³/mol. The first-order chi connectivity index (χ1) is 10.5. The zero-order chi connectivity index (χ0) is 15.9. The van der Waals surface area contributed by atoms with E-state index in [0.717, 1.165) is 11.6 Å². The summed E-state index contributed by atoms with van der Waals surface area (Å²) < 4.78 is 13.5. The lowest BCUT2D eigenvalue weighted by molar-refractivity contribution is -0.115. The van der Waals surface area contributed by atoms with E-state index < -0.39 is 11.7 Å². The first-order valence-electron chi connectivity index (χ1n) is 6.50. The fourth-order valence-corrected chi connectivity index (χ4v) is 2.37. The van der Waals surface area contributed by atoms with E-state index in [1.165, 1.54) is 17.0 Å². The average Bonchev–Trinajstić information content (AvgIpc) is 2.49. The van der Waals surface area contributed by atoms with Gasteiger partial charge in [-0.15, -0.1) is 0 Å². The standard InChI is InChI=1S/C15H11ClFN3O2/c1-8-4-5-18-14-13(8)19-12(21)7-20(14)15(22)9-2-3-10(16)11(17)6-9/h2-6H,7H2,1H3,(H,19,21). The summed E-state index contributed by atoms with van der Waals surface area (Å²) in [7, 11) is 0. The van der Waals surface area contributed by atoms with E-state index in [1.807, 2.05) is 0 Å². The molecule has 2 heterocycles. The summed E-state index contributed by atoms with van der Waals surface area (Å²) in [5.41, 5.74) is 1.38. The molecule has 0 fully saturated rings. The third-order valence-electron chi connectivity index (χ3n) is 3.37. The number of rotatable bonds is 1. The number of hydrogen-bond acceptors (Lipinski definition) is 3. The van der Waals surface area contributed by atoms with E-state index in [1.54, 1.807) is 19.2 Å². The molecule has 0 bridgehead atoms. The number of hydrogen-bond donors (Lipinski definition) is 1. The Morgan fingerprint density at radius 2 is 2.18 bits per heavy atom. The first-order valence-corrected chi connectivity index (χ1v) is 6.87. The summed E-state index contributed by atoms with van der Waals surface area (Å²) >= 11 is 5.62. The van der Waals surface area contributed by atoms with Crippen molar-refractivity contribution in [3.63, 3.8) is 0 Å². The van der Waals surface area contributed by atoms with Gasteiger partial charge in [0.25, 0.3) is 5.91 Å². The van der Waals surface area contributed by atoms with E-state index in [2.05, 4.69) is 10.3 Å². The maximum Gasteiger partial charge on any atom is 0.260 e. The van der Waals surface area contributed by atoms with Gasteiger partial charge in [-0.05, 0) is 36.8 Å². The van der Waals surface area contributed by atoms with E-state index >= 15 is 0 Å². The van der Waals surface area contributed by atoms with Crippen molar-refractivity contribution in [2.24, 2.45) is 0 Å². The summed E-state index contributed by atoms with van der Waals surface area (Å²) in [6.45, 7) is 1.63. The smallest absolute Gasteiger partial charge is 0.260 e. The first kappa shape index (κ1) is 14.5. The van der Waals surface area contributed by atoms with Gasteiger partial charge in [0.05, 0.1) is 10.7 Å². The minimum absolute atomic E-state index is 0.0673. The summed E-state index contributed by atoms with van der Waals surface area (Å²) in [6, 6.07) is 5.50. The van der Waals surface area contributed by atoms with E-state index in [9.17, 15) is 14.0 Å². The molecule has 0 aliphatic carbocycles. The Morgan fingerprint density at radius 1 is 1.41 bits per heavy atom. The SMILES string of the molecule is Cc1ccnc2c1NC(=O)CN2C(=O)c1ccc(Cl)c(F)c1. The normalized spacial score (nSPS) is 13.6. The monoisotopic (exact) mass is 319 g/mol. The quantitative estimate of drug-likeness (QED) is 0.879. The van der Waals surface area contributed by atoms with E-state index in [4.69, 9.17) is 11.6 Å². The molecule has 0 radical (unpaired) electrons. The molecule has 0 atom stereocenters. The second kappa shape index (κ2) is 5.38. The van der Waals surface area contributed by atoms with Crippen LogP contribution in [0.2, 0.25) is 5.02 Å². The molecule has 1 aliphatic heterocycles. The number of halogens is 2. The van der Waals surface area contributed by atoms with Crippen molar-refractivity contribution in [2.45, 2.75) is 6.92 Å². The van der Waals surface area contributed by atoms with Crippen molar-refractivity contribution in [1.29, 1.82) is 0 Å². The van der Waals surface area contributed by atoms with Crippen molar-refractivity contribution in [3.05, 3.63) is 52.4 Å². The molecule has 1 aliphatic rings. The molecule has 22 heavy (non-hydrogen) atoms. The molecule has 112 valence electrons. The van der Waals surface area contributed by atoms with Crippen molar-refractivity contribution < 1.29 is 14.0 Å². The maximum atomic E-state index is 13.5. The van der Waals surface area contributed by atoms with Gasteiger partial charge in [-0.3, -0.25) is 14.5 Å². The number of nitrogens with zero attached hydrogens (tertiary/aromatic N) is 2. The Hall–Kier alpha value is -2.47. The minimum atomic E-state index is -0.689. The molecule has 2 amide bonds. The Bertz CT molecular complexity index is 794. The Morgan fingerprint density at radius 3 is 2.91 bits per heavy atom. The van der Waals surface area contributed by atoms with Crippen LogP contribution in [0.25, 0.3) is 0 Å². The molecular weight excluding hydrogens is 309 g/mol. The van der Waals surface area contributed by atoms with Crippen LogP contribution in [0, 0.1) is 12.7 Å². The fourth-order valence-electron chi connectivity index (χ4n) is 2.25. The Kier molecular flexibility index (Phi) is 3.54. The van der Waals surface area contributed by atoms with Gasteiger partial charge >= 0.3 is 0 Å². The highest BCUT2D eigenvalue weighted by atomic mass is 35.5. The van der Waals surface area contributed by atoms with Crippen molar-refractivity contribution in [2.75, 3.05) is 16.8 Å². The van der Waals surface area contributed by atoms with Crippen molar-refractivity contribution >= 4 is 34.9 Å². The Balaban J connectivity index is 2.05. The lowest BCUT2D eigenvalue weighted by Crippen LogP contribution is -2.43. The number of carbonyl (C=O) groups is 2. The molecule has 3 rings (SSSR count). The number of carbonyl (C=O) groups excluding carboxylic acids is 2. The molecule has 0 spiro atoms. The highest BCUT2D eigenvalue weighted by Crippen LogP contribution is 2.31. The molecule has 0 saturated carbocycles. The van der Waals surface area contributed by atoms with Gasteiger partial charge in [0.1, 0.15) is 12.4 Å². The number of aryl methyl sites for hydroxylation is 1. The third-order valence-corrected chi connectivity index (χ3v) is 3.68. The summed E-state index contributed by atoms with van der Waals surface area (Å²) in [4.78, 5) is 29.8. The zero-order valence-electron chi connectivity index (χ0n) is 11.6. The highest BCUT2D eigenvalue weighted by Gasteiger charge is 2.30. The molecular formula is C15H11ClFN3O2. The van der Waals surface area contributed by atoms with Gasteiger partial charge in [0.15, 0.2) is 5.82 Å². The molecule has 7 heteroatoms. The third kappa shape index (κ3) is 2.42. The number of amides is 2. The highest BCUT2D eigenvalue weighted by molar-refractivity contribution is 6.30. The molecule has 0 unspecified atom stereocenters. The maximum absolute atomic E-state index is 13.5. The van der Waals surface area contributed by atoms with Gasteiger partial charge in [-0.25, -0.2) is 9.37 Å². The molecule has 0 saturated heterocycles. The van der Waals surface area contributed by atoms with Crippen LogP contribution in [-0.4, -0.2) is 23.3 Å². The van der Waals surface area contributed by atoms with Crippen LogP contribution in [0.15, 0.2) is 30.5 Å². The minimum Gasteiger partial charge on any atom is -0.321 e. The summed E-state index contributed by atoms with van der Waals surface area (Å²) in [5, 5.41) is 2.63. The second-order valence-electron chi connectivity index (χ2n) is 4.89. The molecule has 5 nitrogen and oxygen atoms in total. The lowest BCUT2D eigenvalue weighted by atomic mass is 10.1. The predicted octanol–water partition coefficient (Wildman–Crippen LogP) is 2.78. The van der Waals surface area contributed by atoms with Crippen LogP contribution < -0.4 is 10.2 Å². The van der Waals surface area contributed by atoms with E-state index in [0.29, 0.717) is 11.5 Å². The topological polar surface area (TPSA) is 62.3 Å². The molecule has 2 aromatic rings. The number of benzene rings is 1. The van der Waals surface area contributed by atoms with Crippen LogP contribution in [0.4, 0.5) is 15.9 Å². The van der Waals surface area contributed by atoms with Crippen LogP contribution >= 0.6 is 11.6 Å². The van der Waals surface area contributed by atoms with Crippen LogP contribution in [0.3, 0.4) is 0 Å². The Labute approximate surface area is 130 Å². The van der Waals surface area contributed by atoms with Crippen LogP contribution in [0.5, 0.6) is 0 Å². The molecule has 1 aromatic heterocycles. The van der Waals surface area contributed by atoms with Crippen molar-refractivity contribution in [1.82, 2.24) is 4.98 Å². The van der Waals surface area contributed by atoms with Gasteiger partial charge in [0, 0.05) is 11.8 Å². The largest absolute Gasteiger partial charge is 0.321 e. The molecule has 1 aromatic carbocycles. The van der Waals surface area contributed by atoms with Gasteiger partial charge < -0.3 is 5.32 Å².